The lowest BCUT2D eigenvalue weighted by Gasteiger charge is -2.21. The Morgan fingerprint density at radius 1 is 1.13 bits per heavy atom. The van der Waals surface area contributed by atoms with E-state index in [0.29, 0.717) is 5.56 Å². The second kappa shape index (κ2) is 7.56. The average Bonchev–Trinajstić information content (AvgIpc) is 2.50. The van der Waals surface area contributed by atoms with E-state index in [2.05, 4.69) is 0 Å². The van der Waals surface area contributed by atoms with Crippen molar-refractivity contribution in [1.82, 2.24) is 9.21 Å². The molecule has 8 heteroatoms. The van der Waals surface area contributed by atoms with Crippen molar-refractivity contribution in [3.05, 3.63) is 29.8 Å². The third-order valence-electron chi connectivity index (χ3n) is 3.51. The summed E-state index contributed by atoms with van der Waals surface area (Å²) in [5.41, 5.74) is 0.309. The zero-order valence-electron chi connectivity index (χ0n) is 13.7. The van der Waals surface area contributed by atoms with Gasteiger partial charge in [-0.3, -0.25) is 9.59 Å². The molecule has 1 aromatic carbocycles. The number of benzene rings is 1. The predicted octanol–water partition coefficient (Wildman–Crippen LogP) is 1.26. The molecule has 128 valence electrons. The summed E-state index contributed by atoms with van der Waals surface area (Å²) in [5, 5.41) is 8.63. The highest BCUT2D eigenvalue weighted by Gasteiger charge is 2.23. The first-order chi connectivity index (χ1) is 10.6. The van der Waals surface area contributed by atoms with Gasteiger partial charge in [0, 0.05) is 32.2 Å². The van der Waals surface area contributed by atoms with Crippen LogP contribution in [0.3, 0.4) is 0 Å². The molecular formula is C15H22N2O5S. The second-order valence-corrected chi connectivity index (χ2v) is 7.51. The fourth-order valence-electron chi connectivity index (χ4n) is 1.80. The third kappa shape index (κ3) is 4.77. The molecule has 0 bridgehead atoms. The molecule has 1 amide bonds. The van der Waals surface area contributed by atoms with Gasteiger partial charge < -0.3 is 10.0 Å². The molecule has 0 aliphatic carbocycles. The van der Waals surface area contributed by atoms with E-state index >= 15 is 0 Å². The lowest BCUT2D eigenvalue weighted by molar-refractivity contribution is -0.137. The Bertz CT molecular complexity index is 668. The summed E-state index contributed by atoms with van der Waals surface area (Å²) in [6.45, 7) is 3.63. The highest BCUT2D eigenvalue weighted by Crippen LogP contribution is 2.17. The van der Waals surface area contributed by atoms with Crippen molar-refractivity contribution < 1.29 is 23.1 Å². The van der Waals surface area contributed by atoms with Crippen LogP contribution in [0.2, 0.25) is 0 Å². The molecule has 0 radical (unpaired) electrons. The molecule has 7 nitrogen and oxygen atoms in total. The summed E-state index contributed by atoms with van der Waals surface area (Å²) in [6, 6.07) is 5.45. The maximum atomic E-state index is 12.3. The number of carbonyl (C=O) groups excluding carboxylic acids is 1. The summed E-state index contributed by atoms with van der Waals surface area (Å²) in [5.74, 6) is -1.34. The van der Waals surface area contributed by atoms with Gasteiger partial charge >= 0.3 is 5.97 Å². The first-order valence-electron chi connectivity index (χ1n) is 7.12. The smallest absolute Gasteiger partial charge is 0.305 e. The number of aliphatic carboxylic acids is 1. The summed E-state index contributed by atoms with van der Waals surface area (Å²) in [4.78, 5) is 24.1. The lowest BCUT2D eigenvalue weighted by atomic mass is 10.2. The summed E-state index contributed by atoms with van der Waals surface area (Å²) < 4.78 is 25.9. The van der Waals surface area contributed by atoms with Gasteiger partial charge in [-0.15, -0.1) is 0 Å². The van der Waals surface area contributed by atoms with E-state index in [9.17, 15) is 18.0 Å². The Kier molecular flexibility index (Phi) is 6.28. The Hall–Kier alpha value is -1.93. The Morgan fingerprint density at radius 3 is 2.09 bits per heavy atom. The quantitative estimate of drug-likeness (QED) is 0.805. The SMILES string of the molecule is CC(C)N(C)S(=O)(=O)c1ccc(C(=O)N(C)CCC(=O)O)cc1. The highest BCUT2D eigenvalue weighted by atomic mass is 32.2. The van der Waals surface area contributed by atoms with Crippen molar-refractivity contribution in [3.63, 3.8) is 0 Å². The Labute approximate surface area is 136 Å². The molecule has 0 fully saturated rings. The van der Waals surface area contributed by atoms with Crippen LogP contribution in [0, 0.1) is 0 Å². The van der Waals surface area contributed by atoms with Crippen LogP contribution in [0.1, 0.15) is 30.6 Å². The Morgan fingerprint density at radius 2 is 1.65 bits per heavy atom. The molecule has 0 unspecified atom stereocenters. The van der Waals surface area contributed by atoms with Crippen LogP contribution < -0.4 is 0 Å². The number of amides is 1. The number of nitrogens with zero attached hydrogens (tertiary/aromatic N) is 2. The van der Waals surface area contributed by atoms with E-state index in [0.717, 1.165) is 0 Å². The number of rotatable bonds is 7. The zero-order valence-corrected chi connectivity index (χ0v) is 14.5. The molecule has 1 N–H and O–H groups in total. The van der Waals surface area contributed by atoms with Crippen molar-refractivity contribution in [2.75, 3.05) is 20.6 Å². The van der Waals surface area contributed by atoms with E-state index in [1.807, 2.05) is 0 Å². The van der Waals surface area contributed by atoms with Crippen LogP contribution in [0.4, 0.5) is 0 Å². The molecule has 1 aromatic rings. The largest absolute Gasteiger partial charge is 0.481 e. The van der Waals surface area contributed by atoms with Crippen LogP contribution >= 0.6 is 0 Å². The van der Waals surface area contributed by atoms with Gasteiger partial charge in [-0.1, -0.05) is 0 Å². The van der Waals surface area contributed by atoms with Crippen molar-refractivity contribution >= 4 is 21.9 Å². The van der Waals surface area contributed by atoms with Gasteiger partial charge in [-0.25, -0.2) is 8.42 Å². The monoisotopic (exact) mass is 342 g/mol. The molecule has 0 saturated carbocycles. The van der Waals surface area contributed by atoms with E-state index in [1.165, 1.54) is 47.6 Å². The van der Waals surface area contributed by atoms with E-state index in [4.69, 9.17) is 5.11 Å². The lowest BCUT2D eigenvalue weighted by Crippen LogP contribution is -2.33. The second-order valence-electron chi connectivity index (χ2n) is 5.51. The van der Waals surface area contributed by atoms with Gasteiger partial charge in [-0.05, 0) is 38.1 Å². The number of carboxylic acid groups (broad SMARTS) is 1. The van der Waals surface area contributed by atoms with Crippen molar-refractivity contribution in [1.29, 1.82) is 0 Å². The van der Waals surface area contributed by atoms with Gasteiger partial charge in [0.05, 0.1) is 11.3 Å². The fraction of sp³-hybridized carbons (Fsp3) is 0.467. The molecule has 1 rings (SSSR count). The maximum Gasteiger partial charge on any atom is 0.305 e. The van der Waals surface area contributed by atoms with Crippen LogP contribution in [-0.4, -0.2) is 61.3 Å². The van der Waals surface area contributed by atoms with Gasteiger partial charge in [0.1, 0.15) is 0 Å². The number of sulfonamides is 1. The predicted molar refractivity (Wildman–Crippen MR) is 85.7 cm³/mol. The standard InChI is InChI=1S/C15H22N2O5S/c1-11(2)17(4)23(21,22)13-7-5-12(6-8-13)15(20)16(3)10-9-14(18)19/h5-8,11H,9-10H2,1-4H3,(H,18,19). The van der Waals surface area contributed by atoms with E-state index in [1.54, 1.807) is 13.8 Å². The van der Waals surface area contributed by atoms with Crippen molar-refractivity contribution in [2.45, 2.75) is 31.2 Å². The van der Waals surface area contributed by atoms with E-state index in [-0.39, 0.29) is 29.8 Å². The third-order valence-corrected chi connectivity index (χ3v) is 5.56. The van der Waals surface area contributed by atoms with Crippen LogP contribution in [0.15, 0.2) is 29.2 Å². The summed E-state index contributed by atoms with van der Waals surface area (Å²) >= 11 is 0. The maximum absolute atomic E-state index is 12.3. The summed E-state index contributed by atoms with van der Waals surface area (Å²) in [6.07, 6.45) is -0.145. The minimum absolute atomic E-state index is 0.0876. The fourth-order valence-corrected chi connectivity index (χ4v) is 3.17. The topological polar surface area (TPSA) is 95.0 Å². The van der Waals surface area contributed by atoms with Gasteiger partial charge in [0.15, 0.2) is 0 Å². The number of hydrogen-bond donors (Lipinski definition) is 1. The molecular weight excluding hydrogens is 320 g/mol. The molecule has 23 heavy (non-hydrogen) atoms. The molecule has 0 heterocycles. The van der Waals surface area contributed by atoms with Crippen LogP contribution in [0.5, 0.6) is 0 Å². The zero-order chi connectivity index (χ0) is 17.8. The normalized spacial score (nSPS) is 11.7. The van der Waals surface area contributed by atoms with Crippen molar-refractivity contribution in [2.24, 2.45) is 0 Å². The number of hydrogen-bond acceptors (Lipinski definition) is 4. The number of carbonyl (C=O) groups is 2. The van der Waals surface area contributed by atoms with Crippen LogP contribution in [0.25, 0.3) is 0 Å². The minimum Gasteiger partial charge on any atom is -0.481 e. The molecule has 0 spiro atoms. The van der Waals surface area contributed by atoms with Crippen molar-refractivity contribution in [3.8, 4) is 0 Å². The molecule has 0 atom stereocenters. The van der Waals surface area contributed by atoms with Gasteiger partial charge in [-0.2, -0.15) is 4.31 Å². The van der Waals surface area contributed by atoms with Gasteiger partial charge in [0.2, 0.25) is 10.0 Å². The molecule has 0 saturated heterocycles. The average molecular weight is 342 g/mol. The molecule has 0 aliphatic rings. The molecule has 0 aromatic heterocycles. The van der Waals surface area contributed by atoms with Gasteiger partial charge in [0.25, 0.3) is 5.91 Å². The first-order valence-corrected chi connectivity index (χ1v) is 8.56. The minimum atomic E-state index is -3.59. The first kappa shape index (κ1) is 19.1. The highest BCUT2D eigenvalue weighted by molar-refractivity contribution is 7.89. The Balaban J connectivity index is 2.92. The van der Waals surface area contributed by atoms with Crippen LogP contribution in [-0.2, 0) is 14.8 Å². The number of carboxylic acids is 1. The molecule has 0 aliphatic heterocycles. The van der Waals surface area contributed by atoms with E-state index < -0.39 is 16.0 Å². The summed E-state index contributed by atoms with van der Waals surface area (Å²) in [7, 11) is -0.590.